The van der Waals surface area contributed by atoms with Gasteiger partial charge in [-0.1, -0.05) is 57.0 Å². The van der Waals surface area contributed by atoms with E-state index >= 15 is 0 Å². The largest absolute Gasteiger partial charge is 0.461 e. The maximum absolute atomic E-state index is 10.9. The number of rotatable bonds is 8. The topological polar surface area (TPSA) is 78.9 Å². The SMILES string of the molecule is CC(=O)OCc1ccccc1.CCCCOC(=O)C(=O)OCCCC. The third kappa shape index (κ3) is 13.7. The normalized spacial score (nSPS) is 9.40. The molecule has 0 aliphatic carbocycles. The van der Waals surface area contributed by atoms with Crippen LogP contribution in [-0.4, -0.2) is 31.1 Å². The highest BCUT2D eigenvalue weighted by molar-refractivity contribution is 6.29. The predicted octanol–water partition coefficient (Wildman–Crippen LogP) is 3.42. The second-order valence-electron chi connectivity index (χ2n) is 5.24. The molecule has 1 rings (SSSR count). The zero-order chi connectivity index (χ0) is 18.9. The van der Waals surface area contributed by atoms with Crippen LogP contribution >= 0.6 is 0 Å². The highest BCUT2D eigenvalue weighted by Gasteiger charge is 2.16. The van der Waals surface area contributed by atoms with Crippen molar-refractivity contribution >= 4 is 17.9 Å². The number of carbonyl (C=O) groups is 3. The molecule has 0 aromatic heterocycles. The molecule has 6 nitrogen and oxygen atoms in total. The quantitative estimate of drug-likeness (QED) is 0.309. The molecule has 140 valence electrons. The van der Waals surface area contributed by atoms with Crippen molar-refractivity contribution in [1.82, 2.24) is 0 Å². The fraction of sp³-hybridized carbons (Fsp3) is 0.526. The monoisotopic (exact) mass is 352 g/mol. The van der Waals surface area contributed by atoms with Crippen molar-refractivity contribution in [2.24, 2.45) is 0 Å². The number of hydrogen-bond donors (Lipinski definition) is 0. The summed E-state index contributed by atoms with van der Waals surface area (Å²) in [4.78, 5) is 32.2. The van der Waals surface area contributed by atoms with Crippen LogP contribution in [0.15, 0.2) is 30.3 Å². The van der Waals surface area contributed by atoms with E-state index in [4.69, 9.17) is 4.74 Å². The number of hydrogen-bond acceptors (Lipinski definition) is 6. The van der Waals surface area contributed by atoms with Gasteiger partial charge in [-0.3, -0.25) is 4.79 Å². The van der Waals surface area contributed by atoms with Gasteiger partial charge in [0.25, 0.3) is 0 Å². The lowest BCUT2D eigenvalue weighted by Crippen LogP contribution is -2.21. The van der Waals surface area contributed by atoms with Gasteiger partial charge in [0, 0.05) is 6.92 Å². The van der Waals surface area contributed by atoms with Crippen LogP contribution in [0.1, 0.15) is 52.0 Å². The number of ether oxygens (including phenoxy) is 3. The van der Waals surface area contributed by atoms with Crippen LogP contribution < -0.4 is 0 Å². The van der Waals surface area contributed by atoms with Gasteiger partial charge in [0.1, 0.15) is 6.61 Å². The van der Waals surface area contributed by atoms with E-state index in [1.165, 1.54) is 6.92 Å². The Hall–Kier alpha value is -2.37. The Kier molecular flexibility index (Phi) is 13.7. The average Bonchev–Trinajstić information content (AvgIpc) is 2.61. The summed E-state index contributed by atoms with van der Waals surface area (Å²) in [5.74, 6) is -2.00. The maximum Gasteiger partial charge on any atom is 0.417 e. The Morgan fingerprint density at radius 2 is 1.28 bits per heavy atom. The van der Waals surface area contributed by atoms with E-state index in [9.17, 15) is 14.4 Å². The standard InChI is InChI=1S/C10H18O4.C9H10O2/c1-3-5-7-13-9(11)10(12)14-8-6-4-2;1-8(10)11-7-9-5-3-2-4-6-9/h3-8H2,1-2H3;2-6H,7H2,1H3. The molecule has 0 N–H and O–H groups in total. The molecule has 6 heteroatoms. The zero-order valence-electron chi connectivity index (χ0n) is 15.3. The Labute approximate surface area is 149 Å². The lowest BCUT2D eigenvalue weighted by atomic mass is 10.2. The fourth-order valence-corrected chi connectivity index (χ4v) is 1.50. The molecule has 1 aromatic rings. The van der Waals surface area contributed by atoms with E-state index in [-0.39, 0.29) is 19.2 Å². The minimum atomic E-state index is -0.880. The summed E-state index contributed by atoms with van der Waals surface area (Å²) >= 11 is 0. The Balaban J connectivity index is 0.000000472. The molecule has 0 atom stereocenters. The Morgan fingerprint density at radius 1 is 0.800 bits per heavy atom. The molecule has 0 saturated heterocycles. The van der Waals surface area contributed by atoms with Gasteiger partial charge in [0.15, 0.2) is 0 Å². The third-order valence-electron chi connectivity index (χ3n) is 2.91. The highest BCUT2D eigenvalue weighted by atomic mass is 16.6. The number of benzene rings is 1. The lowest BCUT2D eigenvalue weighted by molar-refractivity contribution is -0.167. The third-order valence-corrected chi connectivity index (χ3v) is 2.91. The molecule has 0 radical (unpaired) electrons. The Morgan fingerprint density at radius 3 is 1.68 bits per heavy atom. The van der Waals surface area contributed by atoms with Crippen LogP contribution in [0.2, 0.25) is 0 Å². The summed E-state index contributed by atoms with van der Waals surface area (Å²) in [6, 6.07) is 9.60. The van der Waals surface area contributed by atoms with Gasteiger partial charge < -0.3 is 14.2 Å². The van der Waals surface area contributed by atoms with Crippen LogP contribution in [0.5, 0.6) is 0 Å². The molecule has 0 aliphatic heterocycles. The van der Waals surface area contributed by atoms with Gasteiger partial charge in [0.05, 0.1) is 13.2 Å². The number of unbranched alkanes of at least 4 members (excludes halogenated alkanes) is 2. The summed E-state index contributed by atoms with van der Waals surface area (Å²) in [6.07, 6.45) is 3.40. The van der Waals surface area contributed by atoms with Crippen molar-refractivity contribution in [2.75, 3.05) is 13.2 Å². The fourth-order valence-electron chi connectivity index (χ4n) is 1.50. The van der Waals surface area contributed by atoms with Crippen molar-refractivity contribution in [2.45, 2.75) is 53.1 Å². The molecule has 0 fully saturated rings. The highest BCUT2D eigenvalue weighted by Crippen LogP contribution is 1.99. The first kappa shape index (κ1) is 22.6. The second-order valence-corrected chi connectivity index (χ2v) is 5.24. The summed E-state index contributed by atoms with van der Waals surface area (Å²) in [7, 11) is 0. The molecule has 0 spiro atoms. The van der Waals surface area contributed by atoms with Crippen LogP contribution in [0.25, 0.3) is 0 Å². The van der Waals surface area contributed by atoms with E-state index < -0.39 is 11.9 Å². The summed E-state index contributed by atoms with van der Waals surface area (Å²) < 4.78 is 14.1. The summed E-state index contributed by atoms with van der Waals surface area (Å²) in [5.41, 5.74) is 1.02. The van der Waals surface area contributed by atoms with Crippen LogP contribution in [0.4, 0.5) is 0 Å². The maximum atomic E-state index is 10.9. The molecular formula is C19H28O6. The number of carbonyl (C=O) groups excluding carboxylic acids is 3. The van der Waals surface area contributed by atoms with Gasteiger partial charge in [-0.05, 0) is 18.4 Å². The van der Waals surface area contributed by atoms with Crippen molar-refractivity contribution in [3.63, 3.8) is 0 Å². The lowest BCUT2D eigenvalue weighted by Gasteiger charge is -2.03. The molecule has 0 saturated carbocycles. The van der Waals surface area contributed by atoms with Gasteiger partial charge in [-0.25, -0.2) is 9.59 Å². The molecule has 1 aromatic carbocycles. The zero-order valence-corrected chi connectivity index (χ0v) is 15.3. The number of esters is 3. The van der Waals surface area contributed by atoms with E-state index in [0.29, 0.717) is 6.61 Å². The minimum Gasteiger partial charge on any atom is -0.461 e. The van der Waals surface area contributed by atoms with Crippen LogP contribution in [-0.2, 0) is 35.2 Å². The van der Waals surface area contributed by atoms with Crippen molar-refractivity contribution in [3.05, 3.63) is 35.9 Å². The van der Waals surface area contributed by atoms with Gasteiger partial charge in [0.2, 0.25) is 0 Å². The summed E-state index contributed by atoms with van der Waals surface area (Å²) in [5, 5.41) is 0. The summed E-state index contributed by atoms with van der Waals surface area (Å²) in [6.45, 7) is 6.32. The first-order valence-corrected chi connectivity index (χ1v) is 8.52. The van der Waals surface area contributed by atoms with Crippen molar-refractivity contribution < 1.29 is 28.6 Å². The molecule has 0 aliphatic rings. The first-order chi connectivity index (χ1) is 12.0. The first-order valence-electron chi connectivity index (χ1n) is 8.52. The minimum absolute atomic E-state index is 0.242. The Bertz CT molecular complexity index is 478. The van der Waals surface area contributed by atoms with Gasteiger partial charge in [-0.2, -0.15) is 0 Å². The van der Waals surface area contributed by atoms with E-state index in [1.807, 2.05) is 44.2 Å². The van der Waals surface area contributed by atoms with Crippen LogP contribution in [0.3, 0.4) is 0 Å². The van der Waals surface area contributed by atoms with Crippen LogP contribution in [0, 0.1) is 0 Å². The van der Waals surface area contributed by atoms with Crippen molar-refractivity contribution in [3.8, 4) is 0 Å². The second kappa shape index (κ2) is 15.2. The van der Waals surface area contributed by atoms with E-state index in [1.54, 1.807) is 0 Å². The molecular weight excluding hydrogens is 324 g/mol. The van der Waals surface area contributed by atoms with E-state index in [0.717, 1.165) is 31.2 Å². The molecule has 0 bridgehead atoms. The molecule has 25 heavy (non-hydrogen) atoms. The smallest absolute Gasteiger partial charge is 0.417 e. The molecule has 0 unspecified atom stereocenters. The van der Waals surface area contributed by atoms with Crippen molar-refractivity contribution in [1.29, 1.82) is 0 Å². The molecule has 0 heterocycles. The average molecular weight is 352 g/mol. The molecule has 0 amide bonds. The van der Waals surface area contributed by atoms with E-state index in [2.05, 4.69) is 9.47 Å². The van der Waals surface area contributed by atoms with Gasteiger partial charge >= 0.3 is 17.9 Å². The van der Waals surface area contributed by atoms with Gasteiger partial charge in [-0.15, -0.1) is 0 Å². The predicted molar refractivity (Wildman–Crippen MR) is 93.6 cm³/mol.